The van der Waals surface area contributed by atoms with Crippen LogP contribution in [-0.4, -0.2) is 22.7 Å². The second-order valence-corrected chi connectivity index (χ2v) is 3.59. The van der Waals surface area contributed by atoms with E-state index in [-0.39, 0.29) is 5.56 Å². The molecular weight excluding hydrogens is 206 g/mol. The summed E-state index contributed by atoms with van der Waals surface area (Å²) in [6.45, 7) is 2.70. The van der Waals surface area contributed by atoms with E-state index in [1.807, 2.05) is 0 Å². The molecule has 1 rings (SSSR count). The van der Waals surface area contributed by atoms with E-state index in [1.54, 1.807) is 6.07 Å². The Bertz CT molecular complexity index is 339. The van der Waals surface area contributed by atoms with E-state index in [1.165, 1.54) is 25.2 Å². The summed E-state index contributed by atoms with van der Waals surface area (Å²) in [7, 11) is 0. The Morgan fingerprint density at radius 3 is 2.94 bits per heavy atom. The Balaban J connectivity index is 2.44. The van der Waals surface area contributed by atoms with Crippen molar-refractivity contribution in [1.82, 2.24) is 4.98 Å². The van der Waals surface area contributed by atoms with Gasteiger partial charge in [0.05, 0.1) is 6.61 Å². The number of hydrogen-bond acceptors (Lipinski definition) is 3. The SMILES string of the molecule is CCCCCCOc1ccncc1C(=O)O. The molecule has 0 saturated heterocycles. The molecule has 1 aromatic heterocycles. The molecule has 0 fully saturated rings. The van der Waals surface area contributed by atoms with Crippen molar-refractivity contribution >= 4 is 5.97 Å². The van der Waals surface area contributed by atoms with E-state index >= 15 is 0 Å². The van der Waals surface area contributed by atoms with E-state index in [4.69, 9.17) is 9.84 Å². The van der Waals surface area contributed by atoms with Gasteiger partial charge < -0.3 is 9.84 Å². The summed E-state index contributed by atoms with van der Waals surface area (Å²) in [5.74, 6) is -0.601. The minimum atomic E-state index is -1.00. The Morgan fingerprint density at radius 1 is 1.44 bits per heavy atom. The second-order valence-electron chi connectivity index (χ2n) is 3.59. The Kier molecular flexibility index (Phi) is 5.32. The van der Waals surface area contributed by atoms with Gasteiger partial charge in [-0.2, -0.15) is 0 Å². The average Bonchev–Trinajstić information content (AvgIpc) is 2.29. The van der Waals surface area contributed by atoms with Gasteiger partial charge in [0.25, 0.3) is 0 Å². The molecule has 0 amide bonds. The largest absolute Gasteiger partial charge is 0.493 e. The van der Waals surface area contributed by atoms with Crippen molar-refractivity contribution in [2.24, 2.45) is 0 Å². The second kappa shape index (κ2) is 6.82. The third kappa shape index (κ3) is 3.88. The highest BCUT2D eigenvalue weighted by atomic mass is 16.5. The number of ether oxygens (including phenoxy) is 1. The number of hydrogen-bond donors (Lipinski definition) is 1. The first-order chi connectivity index (χ1) is 7.75. The van der Waals surface area contributed by atoms with Crippen LogP contribution in [0.5, 0.6) is 5.75 Å². The van der Waals surface area contributed by atoms with E-state index in [0.717, 1.165) is 12.8 Å². The predicted molar refractivity (Wildman–Crippen MR) is 60.8 cm³/mol. The zero-order valence-electron chi connectivity index (χ0n) is 9.48. The van der Waals surface area contributed by atoms with E-state index in [0.29, 0.717) is 12.4 Å². The van der Waals surface area contributed by atoms with Crippen LogP contribution in [0.1, 0.15) is 43.0 Å². The molecule has 0 aliphatic carbocycles. The summed E-state index contributed by atoms with van der Waals surface area (Å²) >= 11 is 0. The molecule has 0 aliphatic rings. The molecule has 1 N–H and O–H groups in total. The van der Waals surface area contributed by atoms with Crippen LogP contribution in [0.25, 0.3) is 0 Å². The van der Waals surface area contributed by atoms with Crippen LogP contribution in [0.2, 0.25) is 0 Å². The van der Waals surface area contributed by atoms with Crippen molar-refractivity contribution in [3.8, 4) is 5.75 Å². The van der Waals surface area contributed by atoms with Gasteiger partial charge in [0.15, 0.2) is 0 Å². The molecule has 4 heteroatoms. The molecule has 0 atom stereocenters. The molecule has 1 heterocycles. The summed E-state index contributed by atoms with van der Waals surface area (Å²) in [6.07, 6.45) is 7.28. The molecule has 0 aliphatic heterocycles. The molecule has 0 bridgehead atoms. The topological polar surface area (TPSA) is 59.4 Å². The summed E-state index contributed by atoms with van der Waals surface area (Å²) in [5.41, 5.74) is 0.123. The average molecular weight is 223 g/mol. The number of carbonyl (C=O) groups is 1. The van der Waals surface area contributed by atoms with Crippen LogP contribution in [0.4, 0.5) is 0 Å². The minimum Gasteiger partial charge on any atom is -0.493 e. The zero-order chi connectivity index (χ0) is 11.8. The quantitative estimate of drug-likeness (QED) is 0.722. The molecule has 0 saturated carbocycles. The lowest BCUT2D eigenvalue weighted by atomic mass is 10.2. The normalized spacial score (nSPS) is 10.1. The van der Waals surface area contributed by atoms with Gasteiger partial charge in [-0.3, -0.25) is 4.98 Å². The van der Waals surface area contributed by atoms with Gasteiger partial charge in [0.2, 0.25) is 0 Å². The fraction of sp³-hybridized carbons (Fsp3) is 0.500. The van der Waals surface area contributed by atoms with Crippen LogP contribution < -0.4 is 4.74 Å². The lowest BCUT2D eigenvalue weighted by Crippen LogP contribution is -2.04. The zero-order valence-corrected chi connectivity index (χ0v) is 9.48. The Morgan fingerprint density at radius 2 is 2.25 bits per heavy atom. The van der Waals surface area contributed by atoms with Crippen molar-refractivity contribution in [2.45, 2.75) is 32.6 Å². The Hall–Kier alpha value is -1.58. The molecule has 0 radical (unpaired) electrons. The highest BCUT2D eigenvalue weighted by Gasteiger charge is 2.10. The standard InChI is InChI=1S/C12H17NO3/c1-2-3-4-5-8-16-11-6-7-13-9-10(11)12(14)15/h6-7,9H,2-5,8H2,1H3,(H,14,15). The van der Waals surface area contributed by atoms with Gasteiger partial charge in [-0.15, -0.1) is 0 Å². The number of nitrogens with zero attached hydrogens (tertiary/aromatic N) is 1. The molecule has 0 unspecified atom stereocenters. The van der Waals surface area contributed by atoms with Gasteiger partial charge in [0.1, 0.15) is 11.3 Å². The van der Waals surface area contributed by atoms with Crippen molar-refractivity contribution in [3.05, 3.63) is 24.0 Å². The maximum Gasteiger partial charge on any atom is 0.341 e. The van der Waals surface area contributed by atoms with Crippen molar-refractivity contribution in [1.29, 1.82) is 0 Å². The number of aromatic carboxylic acids is 1. The van der Waals surface area contributed by atoms with Crippen LogP contribution in [-0.2, 0) is 0 Å². The van der Waals surface area contributed by atoms with Gasteiger partial charge in [-0.05, 0) is 12.5 Å². The summed E-state index contributed by atoms with van der Waals surface area (Å²) in [6, 6.07) is 1.59. The third-order valence-electron chi connectivity index (χ3n) is 2.27. The van der Waals surface area contributed by atoms with E-state index in [9.17, 15) is 4.79 Å². The monoisotopic (exact) mass is 223 g/mol. The van der Waals surface area contributed by atoms with Crippen molar-refractivity contribution in [3.63, 3.8) is 0 Å². The third-order valence-corrected chi connectivity index (χ3v) is 2.27. The fourth-order valence-electron chi connectivity index (χ4n) is 1.38. The highest BCUT2D eigenvalue weighted by molar-refractivity contribution is 5.90. The maximum absolute atomic E-state index is 10.8. The summed E-state index contributed by atoms with van der Waals surface area (Å²) < 4.78 is 5.42. The van der Waals surface area contributed by atoms with Crippen LogP contribution in [0.15, 0.2) is 18.5 Å². The molecule has 88 valence electrons. The predicted octanol–water partition coefficient (Wildman–Crippen LogP) is 2.74. The summed E-state index contributed by atoms with van der Waals surface area (Å²) in [4.78, 5) is 14.6. The maximum atomic E-state index is 10.8. The molecule has 0 spiro atoms. The molecule has 4 nitrogen and oxygen atoms in total. The number of unbranched alkanes of at least 4 members (excludes halogenated alkanes) is 3. The lowest BCUT2D eigenvalue weighted by molar-refractivity contribution is 0.0691. The first kappa shape index (κ1) is 12.5. The fourth-order valence-corrected chi connectivity index (χ4v) is 1.38. The molecular formula is C12H17NO3. The first-order valence-corrected chi connectivity index (χ1v) is 5.55. The minimum absolute atomic E-state index is 0.123. The Labute approximate surface area is 95.3 Å². The number of carboxylic acid groups (broad SMARTS) is 1. The number of aromatic nitrogens is 1. The first-order valence-electron chi connectivity index (χ1n) is 5.55. The van der Waals surface area contributed by atoms with Crippen LogP contribution in [0, 0.1) is 0 Å². The molecule has 16 heavy (non-hydrogen) atoms. The van der Waals surface area contributed by atoms with Gasteiger partial charge in [-0.25, -0.2) is 4.79 Å². The number of carboxylic acids is 1. The highest BCUT2D eigenvalue weighted by Crippen LogP contribution is 2.16. The van der Waals surface area contributed by atoms with E-state index < -0.39 is 5.97 Å². The van der Waals surface area contributed by atoms with Crippen molar-refractivity contribution < 1.29 is 14.6 Å². The summed E-state index contributed by atoms with van der Waals surface area (Å²) in [5, 5.41) is 8.89. The number of rotatable bonds is 7. The molecule has 1 aromatic rings. The van der Waals surface area contributed by atoms with Gasteiger partial charge in [-0.1, -0.05) is 26.2 Å². The smallest absolute Gasteiger partial charge is 0.341 e. The molecule has 0 aromatic carbocycles. The van der Waals surface area contributed by atoms with Gasteiger partial charge >= 0.3 is 5.97 Å². The van der Waals surface area contributed by atoms with Crippen LogP contribution in [0.3, 0.4) is 0 Å². The number of pyridine rings is 1. The lowest BCUT2D eigenvalue weighted by Gasteiger charge is -2.07. The van der Waals surface area contributed by atoms with Crippen LogP contribution >= 0.6 is 0 Å². The van der Waals surface area contributed by atoms with E-state index in [2.05, 4.69) is 11.9 Å². The van der Waals surface area contributed by atoms with Gasteiger partial charge in [0, 0.05) is 12.4 Å². The van der Waals surface area contributed by atoms with Crippen molar-refractivity contribution in [2.75, 3.05) is 6.61 Å².